The third-order valence-corrected chi connectivity index (χ3v) is 7.50. The minimum atomic E-state index is -0.511. The van der Waals surface area contributed by atoms with Crippen molar-refractivity contribution in [3.63, 3.8) is 0 Å². The van der Waals surface area contributed by atoms with Crippen LogP contribution in [0.1, 0.15) is 38.9 Å². The number of fused-ring (bicyclic) bond motifs is 2. The van der Waals surface area contributed by atoms with Crippen LogP contribution in [0.5, 0.6) is 0 Å². The molecule has 3 aromatic heterocycles. The number of hydrogen-bond acceptors (Lipinski definition) is 6. The lowest BCUT2D eigenvalue weighted by Gasteiger charge is -2.28. The fraction of sp³-hybridized carbons (Fsp3) is 0.385. The van der Waals surface area contributed by atoms with E-state index in [4.69, 9.17) is 10.7 Å². The van der Waals surface area contributed by atoms with Gasteiger partial charge in [-0.25, -0.2) is 19.0 Å². The Hall–Kier alpha value is -3.47. The molecule has 1 fully saturated rings. The zero-order chi connectivity index (χ0) is 26.3. The van der Waals surface area contributed by atoms with Gasteiger partial charge < -0.3 is 10.6 Å². The van der Waals surface area contributed by atoms with Crippen LogP contribution >= 0.6 is 15.9 Å². The van der Waals surface area contributed by atoms with Gasteiger partial charge in [0, 0.05) is 42.2 Å². The van der Waals surface area contributed by atoms with Crippen molar-refractivity contribution in [1.82, 2.24) is 29.6 Å². The van der Waals surface area contributed by atoms with E-state index in [2.05, 4.69) is 31.0 Å². The van der Waals surface area contributed by atoms with Crippen LogP contribution in [0.25, 0.3) is 27.6 Å². The molecule has 1 aromatic carbocycles. The maximum Gasteiger partial charge on any atom is 0.237 e. The molecule has 37 heavy (non-hydrogen) atoms. The lowest BCUT2D eigenvalue weighted by molar-refractivity contribution is -0.140. The number of nitrogens with zero attached hydrogens (tertiary/aromatic N) is 6. The van der Waals surface area contributed by atoms with E-state index < -0.39 is 11.7 Å². The quantitative estimate of drug-likeness (QED) is 0.361. The average molecular weight is 568 g/mol. The van der Waals surface area contributed by atoms with Crippen LogP contribution < -0.4 is 5.73 Å². The topological polar surface area (TPSA) is 120 Å². The largest absolute Gasteiger partial charge is 0.368 e. The molecule has 1 aliphatic rings. The number of benzene rings is 1. The standard InChI is InChI=1S/C26H27BrFN7O2/c1-14(2)34(13-21(29)36)26(37)17-6-5-15(8-17)9-22-31-12-19-24(27)33-35(25(19)32-22)18-10-16-4-3-7-30-23(16)20(28)11-18/h3-4,7,10-12,14-15,17H,5-6,8-9,13H2,1-2H3,(H2,29,36)/t15-,17-/m1/s1. The Morgan fingerprint density at radius 3 is 2.84 bits per heavy atom. The predicted molar refractivity (Wildman–Crippen MR) is 140 cm³/mol. The molecule has 2 atom stereocenters. The lowest BCUT2D eigenvalue weighted by Crippen LogP contribution is -2.45. The van der Waals surface area contributed by atoms with Gasteiger partial charge in [0.05, 0.1) is 17.6 Å². The Balaban J connectivity index is 1.38. The van der Waals surface area contributed by atoms with Gasteiger partial charge in [-0.05, 0) is 67.1 Å². The van der Waals surface area contributed by atoms with Gasteiger partial charge in [-0.1, -0.05) is 6.07 Å². The number of aromatic nitrogens is 5. The highest BCUT2D eigenvalue weighted by atomic mass is 79.9. The summed E-state index contributed by atoms with van der Waals surface area (Å²) in [7, 11) is 0. The monoisotopic (exact) mass is 567 g/mol. The van der Waals surface area contributed by atoms with Crippen molar-refractivity contribution in [2.75, 3.05) is 6.54 Å². The molecule has 0 saturated heterocycles. The fourth-order valence-electron chi connectivity index (χ4n) is 5.10. The average Bonchev–Trinajstić information content (AvgIpc) is 3.46. The van der Waals surface area contributed by atoms with Crippen molar-refractivity contribution >= 4 is 49.7 Å². The van der Waals surface area contributed by atoms with Crippen molar-refractivity contribution in [2.45, 2.75) is 45.6 Å². The van der Waals surface area contributed by atoms with Crippen LogP contribution in [0.3, 0.4) is 0 Å². The van der Waals surface area contributed by atoms with Crippen LogP contribution in [-0.4, -0.2) is 54.0 Å². The maximum absolute atomic E-state index is 14.8. The summed E-state index contributed by atoms with van der Waals surface area (Å²) in [5.41, 5.74) is 6.75. The Morgan fingerprint density at radius 1 is 1.27 bits per heavy atom. The van der Waals surface area contributed by atoms with E-state index in [-0.39, 0.29) is 30.3 Å². The zero-order valence-corrected chi connectivity index (χ0v) is 22.2. The van der Waals surface area contributed by atoms with Gasteiger partial charge in [0.15, 0.2) is 11.5 Å². The molecule has 5 rings (SSSR count). The molecule has 4 aromatic rings. The van der Waals surface area contributed by atoms with Crippen LogP contribution in [0.2, 0.25) is 0 Å². The van der Waals surface area contributed by atoms with Gasteiger partial charge in [0.1, 0.15) is 15.9 Å². The summed E-state index contributed by atoms with van der Waals surface area (Å²) in [4.78, 5) is 39.5. The summed E-state index contributed by atoms with van der Waals surface area (Å²) >= 11 is 3.47. The first-order valence-electron chi connectivity index (χ1n) is 12.2. The van der Waals surface area contributed by atoms with E-state index in [1.165, 1.54) is 6.07 Å². The molecule has 1 aliphatic carbocycles. The van der Waals surface area contributed by atoms with Crippen molar-refractivity contribution in [2.24, 2.45) is 17.6 Å². The third kappa shape index (κ3) is 5.04. The highest BCUT2D eigenvalue weighted by molar-refractivity contribution is 9.10. The first-order chi connectivity index (χ1) is 17.7. The summed E-state index contributed by atoms with van der Waals surface area (Å²) < 4.78 is 16.9. The molecule has 0 unspecified atom stereocenters. The van der Waals surface area contributed by atoms with Gasteiger partial charge in [-0.2, -0.15) is 5.10 Å². The number of carbonyl (C=O) groups is 2. The second kappa shape index (κ2) is 10.1. The van der Waals surface area contributed by atoms with Gasteiger partial charge in [0.2, 0.25) is 11.8 Å². The molecule has 2 amide bonds. The smallest absolute Gasteiger partial charge is 0.237 e. The van der Waals surface area contributed by atoms with Gasteiger partial charge in [-0.15, -0.1) is 0 Å². The summed E-state index contributed by atoms with van der Waals surface area (Å²) in [6, 6.07) is 6.69. The minimum Gasteiger partial charge on any atom is -0.368 e. The first-order valence-corrected chi connectivity index (χ1v) is 13.0. The molecule has 3 heterocycles. The molecule has 0 bridgehead atoms. The molecule has 11 heteroatoms. The van der Waals surface area contributed by atoms with Gasteiger partial charge in [-0.3, -0.25) is 14.6 Å². The molecule has 0 radical (unpaired) electrons. The van der Waals surface area contributed by atoms with E-state index >= 15 is 0 Å². The molecule has 9 nitrogen and oxygen atoms in total. The van der Waals surface area contributed by atoms with Crippen molar-refractivity contribution in [3.8, 4) is 5.69 Å². The molecule has 1 saturated carbocycles. The van der Waals surface area contributed by atoms with Crippen LogP contribution in [0.15, 0.2) is 41.3 Å². The highest BCUT2D eigenvalue weighted by Crippen LogP contribution is 2.35. The highest BCUT2D eigenvalue weighted by Gasteiger charge is 2.34. The number of hydrogen-bond donors (Lipinski definition) is 1. The van der Waals surface area contributed by atoms with Gasteiger partial charge in [0.25, 0.3) is 0 Å². The Bertz CT molecular complexity index is 1510. The van der Waals surface area contributed by atoms with E-state index in [1.54, 1.807) is 34.1 Å². The Kier molecular flexibility index (Phi) is 6.89. The normalized spacial score (nSPS) is 17.6. The summed E-state index contributed by atoms with van der Waals surface area (Å²) in [6.45, 7) is 3.70. The van der Waals surface area contributed by atoms with E-state index in [1.807, 2.05) is 19.9 Å². The zero-order valence-electron chi connectivity index (χ0n) is 20.6. The number of amides is 2. The molecular weight excluding hydrogens is 541 g/mol. The predicted octanol–water partition coefficient (Wildman–Crippen LogP) is 3.95. The second-order valence-electron chi connectivity index (χ2n) is 9.84. The van der Waals surface area contributed by atoms with E-state index in [9.17, 15) is 14.0 Å². The van der Waals surface area contributed by atoms with Gasteiger partial charge >= 0.3 is 0 Å². The fourth-order valence-corrected chi connectivity index (χ4v) is 5.54. The van der Waals surface area contributed by atoms with Crippen LogP contribution in [0.4, 0.5) is 4.39 Å². The van der Waals surface area contributed by atoms with Crippen molar-refractivity contribution in [1.29, 1.82) is 0 Å². The first kappa shape index (κ1) is 25.2. The number of pyridine rings is 1. The van der Waals surface area contributed by atoms with E-state index in [0.29, 0.717) is 50.9 Å². The Morgan fingerprint density at radius 2 is 2.08 bits per heavy atom. The number of primary amides is 1. The second-order valence-corrected chi connectivity index (χ2v) is 10.6. The minimum absolute atomic E-state index is 0.0255. The van der Waals surface area contributed by atoms with E-state index in [0.717, 1.165) is 12.8 Å². The number of rotatable bonds is 7. The Labute approximate surface area is 221 Å². The van der Waals surface area contributed by atoms with Crippen molar-refractivity contribution < 1.29 is 14.0 Å². The number of nitrogens with two attached hydrogens (primary N) is 1. The van der Waals surface area contributed by atoms with Crippen LogP contribution in [-0.2, 0) is 16.0 Å². The third-order valence-electron chi connectivity index (χ3n) is 6.91. The van der Waals surface area contributed by atoms with Crippen LogP contribution in [0, 0.1) is 17.7 Å². The summed E-state index contributed by atoms with van der Waals surface area (Å²) in [5.74, 6) is -0.246. The summed E-state index contributed by atoms with van der Waals surface area (Å²) in [6.07, 6.45) is 6.21. The maximum atomic E-state index is 14.8. The number of carbonyl (C=O) groups excluding carboxylic acids is 2. The molecule has 0 spiro atoms. The summed E-state index contributed by atoms with van der Waals surface area (Å²) in [5, 5.41) is 5.91. The van der Waals surface area contributed by atoms with Crippen molar-refractivity contribution in [3.05, 3.63) is 52.9 Å². The molecule has 2 N–H and O–H groups in total. The lowest BCUT2D eigenvalue weighted by atomic mass is 10.00. The molecule has 0 aliphatic heterocycles. The molecular formula is C26H27BrFN7O2. The molecule has 192 valence electrons. The number of halogens is 2. The SMILES string of the molecule is CC(C)N(CC(N)=O)C(=O)[C@@H]1CC[C@@H](Cc2ncc3c(Br)nn(-c4cc(F)c5ncccc5c4)c3n2)C1.